The van der Waals surface area contributed by atoms with Crippen LogP contribution < -0.4 is 10.9 Å². The van der Waals surface area contributed by atoms with Gasteiger partial charge in [0.25, 0.3) is 0 Å². The van der Waals surface area contributed by atoms with Crippen LogP contribution in [0.3, 0.4) is 0 Å². The van der Waals surface area contributed by atoms with Crippen LogP contribution in [-0.4, -0.2) is 21.1 Å². The van der Waals surface area contributed by atoms with Crippen LogP contribution in [0.4, 0.5) is 0 Å². The van der Waals surface area contributed by atoms with Crippen LogP contribution in [0.2, 0.25) is 5.28 Å². The molecule has 1 rings (SSSR count). The van der Waals surface area contributed by atoms with Crippen LogP contribution in [0.25, 0.3) is 0 Å². The van der Waals surface area contributed by atoms with Gasteiger partial charge in [-0.25, -0.2) is 5.10 Å². The van der Waals surface area contributed by atoms with E-state index in [2.05, 4.69) is 26.1 Å². The summed E-state index contributed by atoms with van der Waals surface area (Å²) < 4.78 is 0. The average Bonchev–Trinajstić information content (AvgIpc) is 2.34. The van der Waals surface area contributed by atoms with E-state index in [1.54, 1.807) is 0 Å². The Morgan fingerprint density at radius 3 is 2.90 bits per heavy atom. The summed E-state index contributed by atoms with van der Waals surface area (Å²) in [7, 11) is 0. The molecule has 0 spiro atoms. The first-order valence-corrected chi connectivity index (χ1v) is 2.65. The van der Waals surface area contributed by atoms with E-state index in [0.29, 0.717) is 0 Å². The molecule has 0 amide bonds. The molecule has 0 saturated heterocycles. The second-order valence-corrected chi connectivity index (χ2v) is 1.74. The summed E-state index contributed by atoms with van der Waals surface area (Å²) in [6.07, 6.45) is 0. The van der Waals surface area contributed by atoms with Crippen LogP contribution in [0.1, 0.15) is 5.82 Å². The van der Waals surface area contributed by atoms with Crippen LogP contribution in [0.5, 0.6) is 0 Å². The molecule has 6 nitrogen and oxygen atoms in total. The Labute approximate surface area is 60.7 Å². The SMILES string of the molecule is NN=C([O-])c1n[nH]c(Cl)n1. The van der Waals surface area contributed by atoms with Crippen molar-refractivity contribution in [1.29, 1.82) is 0 Å². The Hall–Kier alpha value is -1.30. The highest BCUT2D eigenvalue weighted by molar-refractivity contribution is 6.28. The molecule has 0 aliphatic carbocycles. The number of hydrogen-bond acceptors (Lipinski definition) is 5. The summed E-state index contributed by atoms with van der Waals surface area (Å²) in [6, 6.07) is 0. The third-order valence-electron chi connectivity index (χ3n) is 0.767. The van der Waals surface area contributed by atoms with E-state index in [9.17, 15) is 5.11 Å². The number of aromatic amines is 1. The Morgan fingerprint density at radius 2 is 2.50 bits per heavy atom. The second-order valence-electron chi connectivity index (χ2n) is 1.38. The van der Waals surface area contributed by atoms with Gasteiger partial charge in [-0.2, -0.15) is 15.2 Å². The molecule has 7 heteroatoms. The maximum absolute atomic E-state index is 10.5. The molecule has 0 aromatic carbocycles. The minimum Gasteiger partial charge on any atom is -0.855 e. The number of H-pyrrole nitrogens is 1. The third kappa shape index (κ3) is 1.16. The first-order chi connectivity index (χ1) is 4.74. The van der Waals surface area contributed by atoms with Crippen LogP contribution in [0.15, 0.2) is 5.10 Å². The Morgan fingerprint density at radius 1 is 1.80 bits per heavy atom. The largest absolute Gasteiger partial charge is 0.855 e. The minimum absolute atomic E-state index is 0.0343. The average molecular weight is 161 g/mol. The van der Waals surface area contributed by atoms with Gasteiger partial charge in [0, 0.05) is 0 Å². The van der Waals surface area contributed by atoms with Gasteiger partial charge in [-0.1, -0.05) is 0 Å². The molecule has 0 saturated carbocycles. The fourth-order valence-electron chi connectivity index (χ4n) is 0.395. The Bertz CT molecular complexity index is 255. The van der Waals surface area contributed by atoms with Crippen molar-refractivity contribution in [1.82, 2.24) is 15.2 Å². The molecular weight excluding hydrogens is 158 g/mol. The molecule has 0 radical (unpaired) electrons. The lowest BCUT2D eigenvalue weighted by Gasteiger charge is -1.99. The highest BCUT2D eigenvalue weighted by Crippen LogP contribution is 1.96. The number of hydrazone groups is 1. The lowest BCUT2D eigenvalue weighted by molar-refractivity contribution is -0.214. The number of nitrogens with zero attached hydrogens (tertiary/aromatic N) is 3. The van der Waals surface area contributed by atoms with Crippen LogP contribution in [-0.2, 0) is 0 Å². The van der Waals surface area contributed by atoms with E-state index in [-0.39, 0.29) is 11.1 Å². The monoisotopic (exact) mass is 160 g/mol. The molecule has 3 N–H and O–H groups in total. The molecule has 1 heterocycles. The topological polar surface area (TPSA) is 103 Å². The molecule has 0 aliphatic rings. The van der Waals surface area contributed by atoms with Crippen LogP contribution in [0, 0.1) is 0 Å². The number of rotatable bonds is 1. The predicted molar refractivity (Wildman–Crippen MR) is 32.1 cm³/mol. The number of hydrogen-bond donors (Lipinski definition) is 2. The molecule has 1 aromatic heterocycles. The standard InChI is InChI=1S/C3H4ClN5O/c4-3-6-1(8-9-3)2(10)7-5/h5H2,(H,7,10)(H,6,8,9)/p-1. The van der Waals surface area contributed by atoms with Gasteiger partial charge in [0.15, 0.2) is 5.82 Å². The molecule has 0 fully saturated rings. The van der Waals surface area contributed by atoms with E-state index in [1.165, 1.54) is 0 Å². The fourth-order valence-corrected chi connectivity index (χ4v) is 0.518. The third-order valence-corrected chi connectivity index (χ3v) is 0.936. The number of halogens is 1. The molecule has 0 unspecified atom stereocenters. The Kier molecular flexibility index (Phi) is 1.72. The summed E-state index contributed by atoms with van der Waals surface area (Å²) in [5.41, 5.74) is 0. The second kappa shape index (κ2) is 2.53. The summed E-state index contributed by atoms with van der Waals surface area (Å²) in [5, 5.41) is 19.0. The summed E-state index contributed by atoms with van der Waals surface area (Å²) in [6.45, 7) is 0. The summed E-state index contributed by atoms with van der Waals surface area (Å²) >= 11 is 5.30. The van der Waals surface area contributed by atoms with Crippen molar-refractivity contribution in [2.45, 2.75) is 0 Å². The van der Waals surface area contributed by atoms with E-state index in [4.69, 9.17) is 11.6 Å². The highest BCUT2D eigenvalue weighted by atomic mass is 35.5. The lowest BCUT2D eigenvalue weighted by Crippen LogP contribution is -2.22. The molecule has 0 atom stereocenters. The van der Waals surface area contributed by atoms with Crippen molar-refractivity contribution >= 4 is 17.5 Å². The maximum Gasteiger partial charge on any atom is 0.218 e. The van der Waals surface area contributed by atoms with Gasteiger partial charge in [0.05, 0.1) is 5.90 Å². The van der Waals surface area contributed by atoms with Crippen molar-refractivity contribution in [2.75, 3.05) is 0 Å². The van der Waals surface area contributed by atoms with E-state index in [1.807, 2.05) is 0 Å². The van der Waals surface area contributed by atoms with Crippen molar-refractivity contribution in [3.63, 3.8) is 0 Å². The maximum atomic E-state index is 10.5. The quantitative estimate of drug-likeness (QED) is 0.224. The van der Waals surface area contributed by atoms with Crippen molar-refractivity contribution in [3.8, 4) is 0 Å². The zero-order valence-electron chi connectivity index (χ0n) is 4.71. The van der Waals surface area contributed by atoms with Gasteiger partial charge in [0.1, 0.15) is 0 Å². The summed E-state index contributed by atoms with van der Waals surface area (Å²) in [4.78, 5) is 3.46. The van der Waals surface area contributed by atoms with Gasteiger partial charge < -0.3 is 10.9 Å². The van der Waals surface area contributed by atoms with E-state index >= 15 is 0 Å². The zero-order chi connectivity index (χ0) is 7.56. The first kappa shape index (κ1) is 6.81. The normalized spacial score (nSPS) is 11.9. The van der Waals surface area contributed by atoms with Crippen molar-refractivity contribution in [3.05, 3.63) is 11.1 Å². The van der Waals surface area contributed by atoms with Crippen LogP contribution >= 0.6 is 11.6 Å². The fraction of sp³-hybridized carbons (Fsp3) is 0. The Balaban J connectivity index is 2.95. The van der Waals surface area contributed by atoms with Crippen molar-refractivity contribution < 1.29 is 5.11 Å². The highest BCUT2D eigenvalue weighted by Gasteiger charge is 1.98. The van der Waals surface area contributed by atoms with Gasteiger partial charge >= 0.3 is 0 Å². The summed E-state index contributed by atoms with van der Waals surface area (Å²) in [5.74, 6) is 3.81. The van der Waals surface area contributed by atoms with Crippen molar-refractivity contribution in [2.24, 2.45) is 10.9 Å². The van der Waals surface area contributed by atoms with E-state index in [0.717, 1.165) is 0 Å². The minimum atomic E-state index is -0.705. The number of nitrogens with two attached hydrogens (primary N) is 1. The van der Waals surface area contributed by atoms with Gasteiger partial charge in [0.2, 0.25) is 5.28 Å². The zero-order valence-corrected chi connectivity index (χ0v) is 5.46. The van der Waals surface area contributed by atoms with Gasteiger partial charge in [-0.3, -0.25) is 0 Å². The molecular formula is C3H3ClN5O-. The first-order valence-electron chi connectivity index (χ1n) is 2.27. The number of aromatic nitrogens is 3. The predicted octanol–water partition coefficient (Wildman–Crippen LogP) is -1.56. The molecule has 0 bridgehead atoms. The molecule has 10 heavy (non-hydrogen) atoms. The van der Waals surface area contributed by atoms with E-state index < -0.39 is 5.90 Å². The molecule has 0 aliphatic heterocycles. The van der Waals surface area contributed by atoms with Gasteiger partial charge in [-0.15, -0.1) is 0 Å². The number of nitrogens with one attached hydrogen (secondary N) is 1. The smallest absolute Gasteiger partial charge is 0.218 e. The molecule has 1 aromatic rings. The van der Waals surface area contributed by atoms with Gasteiger partial charge in [-0.05, 0) is 11.6 Å². The molecule has 54 valence electrons. The lowest BCUT2D eigenvalue weighted by atomic mass is 10.6.